The van der Waals surface area contributed by atoms with E-state index in [1.165, 1.54) is 0 Å². The SMILES string of the molecule is COc1cc(NC2(n3ccnc3-c3ccccc3)N=CC=CN2)cc(OC)c1. The minimum absolute atomic E-state index is 0.682. The number of nitrogens with zero attached hydrogens (tertiary/aromatic N) is 3. The first-order valence-corrected chi connectivity index (χ1v) is 8.83. The minimum atomic E-state index is -0.992. The lowest BCUT2D eigenvalue weighted by Gasteiger charge is -2.35. The maximum absolute atomic E-state index is 5.39. The molecule has 1 aliphatic heterocycles. The van der Waals surface area contributed by atoms with Crippen molar-refractivity contribution in [2.45, 2.75) is 5.91 Å². The molecule has 4 rings (SSSR count). The Morgan fingerprint density at radius 3 is 2.43 bits per heavy atom. The molecule has 1 atom stereocenters. The number of hydrogen-bond donors (Lipinski definition) is 2. The van der Waals surface area contributed by atoms with E-state index >= 15 is 0 Å². The maximum atomic E-state index is 5.39. The van der Waals surface area contributed by atoms with Gasteiger partial charge < -0.3 is 20.1 Å². The number of allylic oxidation sites excluding steroid dienone is 1. The Morgan fingerprint density at radius 1 is 1.04 bits per heavy atom. The highest BCUT2D eigenvalue weighted by molar-refractivity contribution is 5.73. The van der Waals surface area contributed by atoms with Crippen molar-refractivity contribution in [2.75, 3.05) is 19.5 Å². The molecule has 7 heteroatoms. The van der Waals surface area contributed by atoms with Crippen molar-refractivity contribution in [1.29, 1.82) is 0 Å². The van der Waals surface area contributed by atoms with Crippen molar-refractivity contribution in [3.63, 3.8) is 0 Å². The van der Waals surface area contributed by atoms with Crippen LogP contribution in [0, 0.1) is 0 Å². The topological polar surface area (TPSA) is 72.7 Å². The zero-order valence-electron chi connectivity index (χ0n) is 15.7. The van der Waals surface area contributed by atoms with Gasteiger partial charge in [-0.2, -0.15) is 0 Å². The molecule has 2 N–H and O–H groups in total. The Morgan fingerprint density at radius 2 is 1.79 bits per heavy atom. The number of hydrogen-bond acceptors (Lipinski definition) is 6. The van der Waals surface area contributed by atoms with Crippen LogP contribution in [0.3, 0.4) is 0 Å². The van der Waals surface area contributed by atoms with Crippen LogP contribution in [0.15, 0.2) is 78.2 Å². The smallest absolute Gasteiger partial charge is 0.295 e. The molecular formula is C21H21N5O2. The van der Waals surface area contributed by atoms with Gasteiger partial charge in [0.05, 0.1) is 14.2 Å². The second-order valence-electron chi connectivity index (χ2n) is 6.17. The van der Waals surface area contributed by atoms with E-state index in [9.17, 15) is 0 Å². The summed E-state index contributed by atoms with van der Waals surface area (Å²) in [5, 5.41) is 6.78. The van der Waals surface area contributed by atoms with Crippen LogP contribution in [-0.4, -0.2) is 30.0 Å². The number of aromatic nitrogens is 2. The van der Waals surface area contributed by atoms with E-state index in [1.807, 2.05) is 71.6 Å². The van der Waals surface area contributed by atoms with Crippen molar-refractivity contribution in [2.24, 2.45) is 4.99 Å². The minimum Gasteiger partial charge on any atom is -0.497 e. The number of imidazole rings is 1. The highest BCUT2D eigenvalue weighted by atomic mass is 16.5. The summed E-state index contributed by atoms with van der Waals surface area (Å²) in [5.74, 6) is 1.15. The predicted molar refractivity (Wildman–Crippen MR) is 110 cm³/mol. The Bertz CT molecular complexity index is 990. The predicted octanol–water partition coefficient (Wildman–Crippen LogP) is 3.43. The third-order valence-electron chi connectivity index (χ3n) is 4.42. The Kier molecular flexibility index (Phi) is 4.72. The first-order valence-electron chi connectivity index (χ1n) is 8.83. The van der Waals surface area contributed by atoms with Crippen LogP contribution in [0.2, 0.25) is 0 Å². The molecule has 0 radical (unpaired) electrons. The molecule has 1 aromatic heterocycles. The number of benzene rings is 2. The zero-order valence-corrected chi connectivity index (χ0v) is 15.7. The zero-order chi connectivity index (χ0) is 19.4. The van der Waals surface area contributed by atoms with E-state index in [-0.39, 0.29) is 0 Å². The van der Waals surface area contributed by atoms with Gasteiger partial charge in [-0.05, 0) is 6.08 Å². The molecule has 0 amide bonds. The van der Waals surface area contributed by atoms with Crippen molar-refractivity contribution in [3.8, 4) is 22.9 Å². The monoisotopic (exact) mass is 375 g/mol. The average Bonchev–Trinajstić information content (AvgIpc) is 3.25. The third-order valence-corrected chi connectivity index (χ3v) is 4.42. The molecule has 0 saturated heterocycles. The summed E-state index contributed by atoms with van der Waals surface area (Å²) >= 11 is 0. The summed E-state index contributed by atoms with van der Waals surface area (Å²) < 4.78 is 12.7. The van der Waals surface area contributed by atoms with Gasteiger partial charge in [-0.3, -0.25) is 4.57 Å². The van der Waals surface area contributed by atoms with Crippen LogP contribution in [0.25, 0.3) is 11.4 Å². The van der Waals surface area contributed by atoms with Gasteiger partial charge in [0.1, 0.15) is 17.3 Å². The van der Waals surface area contributed by atoms with E-state index in [4.69, 9.17) is 14.5 Å². The maximum Gasteiger partial charge on any atom is 0.295 e. The number of anilines is 1. The van der Waals surface area contributed by atoms with E-state index in [2.05, 4.69) is 15.6 Å². The van der Waals surface area contributed by atoms with E-state index < -0.39 is 5.91 Å². The van der Waals surface area contributed by atoms with Crippen molar-refractivity contribution in [1.82, 2.24) is 14.9 Å². The molecule has 2 heterocycles. The standard InChI is InChI=1S/C21H21N5O2/c1-27-18-13-17(14-19(15-18)28-2)25-21(23-9-6-10-24-21)26-12-11-22-20(26)16-7-4-3-5-8-16/h3-15,23,25H,1-2H3. The van der Waals surface area contributed by atoms with Crippen molar-refractivity contribution < 1.29 is 9.47 Å². The fourth-order valence-electron chi connectivity index (χ4n) is 3.10. The van der Waals surface area contributed by atoms with E-state index in [0.29, 0.717) is 11.5 Å². The van der Waals surface area contributed by atoms with Crippen LogP contribution in [0.4, 0.5) is 5.69 Å². The third kappa shape index (κ3) is 3.29. The lowest BCUT2D eigenvalue weighted by Crippen LogP contribution is -2.51. The van der Waals surface area contributed by atoms with Gasteiger partial charge in [0.25, 0.3) is 5.91 Å². The second kappa shape index (κ2) is 7.48. The van der Waals surface area contributed by atoms with Crippen LogP contribution < -0.4 is 20.1 Å². The van der Waals surface area contributed by atoms with E-state index in [0.717, 1.165) is 17.1 Å². The average molecular weight is 375 g/mol. The summed E-state index contributed by atoms with van der Waals surface area (Å²) in [7, 11) is 3.24. The number of rotatable bonds is 6. The quantitative estimate of drug-likeness (QED) is 0.691. The Hall–Kier alpha value is -3.74. The first kappa shape index (κ1) is 17.7. The first-order chi connectivity index (χ1) is 13.7. The molecule has 1 aliphatic rings. The molecule has 2 aromatic carbocycles. The number of ether oxygens (including phenoxy) is 2. The molecule has 142 valence electrons. The molecule has 3 aromatic rings. The lowest BCUT2D eigenvalue weighted by atomic mass is 10.2. The number of aliphatic imine (C=N–C) groups is 1. The van der Waals surface area contributed by atoms with Gasteiger partial charge in [0, 0.05) is 54.3 Å². The van der Waals surface area contributed by atoms with Gasteiger partial charge in [0.15, 0.2) is 0 Å². The van der Waals surface area contributed by atoms with Gasteiger partial charge in [-0.15, -0.1) is 0 Å². The fraction of sp³-hybridized carbons (Fsp3) is 0.143. The number of methoxy groups -OCH3 is 2. The van der Waals surface area contributed by atoms with Crippen LogP contribution >= 0.6 is 0 Å². The normalized spacial score (nSPS) is 17.8. The summed E-state index contributed by atoms with van der Waals surface area (Å²) in [6, 6.07) is 15.6. The molecule has 0 bridgehead atoms. The van der Waals surface area contributed by atoms with Crippen LogP contribution in [0.1, 0.15) is 0 Å². The molecular weight excluding hydrogens is 354 g/mol. The summed E-state index contributed by atoms with van der Waals surface area (Å²) in [5.41, 5.74) is 1.77. The summed E-state index contributed by atoms with van der Waals surface area (Å²) in [6.45, 7) is 0. The fourth-order valence-corrected chi connectivity index (χ4v) is 3.10. The molecule has 0 aliphatic carbocycles. The number of nitrogens with one attached hydrogen (secondary N) is 2. The molecule has 0 spiro atoms. The van der Waals surface area contributed by atoms with E-state index in [1.54, 1.807) is 26.6 Å². The lowest BCUT2D eigenvalue weighted by molar-refractivity contribution is 0.308. The van der Waals surface area contributed by atoms with Crippen molar-refractivity contribution in [3.05, 3.63) is 73.2 Å². The summed E-state index contributed by atoms with van der Waals surface area (Å²) in [4.78, 5) is 9.25. The Labute approximate surface area is 163 Å². The van der Waals surface area contributed by atoms with Crippen molar-refractivity contribution >= 4 is 11.9 Å². The molecule has 0 fully saturated rings. The highest BCUT2D eigenvalue weighted by Crippen LogP contribution is 2.31. The highest BCUT2D eigenvalue weighted by Gasteiger charge is 2.33. The molecule has 0 saturated carbocycles. The largest absolute Gasteiger partial charge is 0.497 e. The van der Waals surface area contributed by atoms with Crippen LogP contribution in [0.5, 0.6) is 11.5 Å². The second-order valence-corrected chi connectivity index (χ2v) is 6.17. The molecule has 28 heavy (non-hydrogen) atoms. The Balaban J connectivity index is 1.79. The summed E-state index contributed by atoms with van der Waals surface area (Å²) in [6.07, 6.45) is 9.07. The molecule has 1 unspecified atom stereocenters. The molecule has 7 nitrogen and oxygen atoms in total. The van der Waals surface area contributed by atoms with Gasteiger partial charge in [-0.1, -0.05) is 30.3 Å². The van der Waals surface area contributed by atoms with Gasteiger partial charge >= 0.3 is 0 Å². The van der Waals surface area contributed by atoms with Gasteiger partial charge in [0.2, 0.25) is 0 Å². The van der Waals surface area contributed by atoms with Gasteiger partial charge in [-0.25, -0.2) is 9.98 Å². The van der Waals surface area contributed by atoms with Crippen LogP contribution in [-0.2, 0) is 5.91 Å².